The molecule has 0 radical (unpaired) electrons. The second-order valence-corrected chi connectivity index (χ2v) is 11.3. The number of halogens is 6. The Morgan fingerprint density at radius 3 is 2.34 bits per heavy atom. The molecule has 3 aliphatic carbocycles. The van der Waals surface area contributed by atoms with Gasteiger partial charge in [0.2, 0.25) is 0 Å². The number of fused-ring (bicyclic) bond motifs is 1. The van der Waals surface area contributed by atoms with Crippen molar-refractivity contribution in [2.45, 2.75) is 109 Å². The number of allylic oxidation sites excluding steroid dienone is 4. The SMILES string of the molecule is C=C1CC[C@H](O)C/C1=C/C=C1\CCC[C@]2(C)C([C@H](C)CCCC(O)(C(F)(F)F)C(F)(F)F)CC[C@@H]12. The van der Waals surface area contributed by atoms with E-state index < -0.39 is 24.4 Å². The fourth-order valence-corrected chi connectivity index (χ4v) is 6.93. The Morgan fingerprint density at radius 2 is 1.71 bits per heavy atom. The molecule has 0 aromatic rings. The zero-order chi connectivity index (χ0) is 26.2. The summed E-state index contributed by atoms with van der Waals surface area (Å²) in [5, 5.41) is 19.4. The predicted octanol–water partition coefficient (Wildman–Crippen LogP) is 7.82. The summed E-state index contributed by atoms with van der Waals surface area (Å²) in [5.41, 5.74) is -1.23. The number of aliphatic hydroxyl groups is 2. The van der Waals surface area contributed by atoms with Crippen LogP contribution in [0.15, 0.2) is 35.5 Å². The minimum atomic E-state index is -5.75. The van der Waals surface area contributed by atoms with Crippen LogP contribution in [0.2, 0.25) is 0 Å². The summed E-state index contributed by atoms with van der Waals surface area (Å²) in [6, 6.07) is 0. The first kappa shape index (κ1) is 28.3. The molecule has 0 aromatic heterocycles. The van der Waals surface area contributed by atoms with Crippen molar-refractivity contribution in [1.82, 2.24) is 0 Å². The van der Waals surface area contributed by atoms with Crippen LogP contribution in [0.25, 0.3) is 0 Å². The van der Waals surface area contributed by atoms with Gasteiger partial charge in [0, 0.05) is 0 Å². The van der Waals surface area contributed by atoms with Gasteiger partial charge in [0.15, 0.2) is 0 Å². The van der Waals surface area contributed by atoms with Crippen molar-refractivity contribution in [3.05, 3.63) is 35.5 Å². The molecule has 3 rings (SSSR count). The van der Waals surface area contributed by atoms with Gasteiger partial charge in [-0.05, 0) is 93.0 Å². The summed E-state index contributed by atoms with van der Waals surface area (Å²) >= 11 is 0. The van der Waals surface area contributed by atoms with Gasteiger partial charge in [-0.15, -0.1) is 0 Å². The quantitative estimate of drug-likeness (QED) is 0.359. The fourth-order valence-electron chi connectivity index (χ4n) is 6.93. The van der Waals surface area contributed by atoms with Crippen LogP contribution in [0.4, 0.5) is 26.3 Å². The average molecular weight is 509 g/mol. The molecule has 3 saturated carbocycles. The molecule has 5 atom stereocenters. The molecule has 200 valence electrons. The number of aliphatic hydroxyl groups excluding tert-OH is 1. The van der Waals surface area contributed by atoms with E-state index >= 15 is 0 Å². The monoisotopic (exact) mass is 508 g/mol. The Bertz CT molecular complexity index is 826. The Kier molecular flexibility index (Phi) is 8.27. The number of hydrogen-bond donors (Lipinski definition) is 2. The Labute approximate surface area is 204 Å². The molecular weight excluding hydrogens is 470 g/mol. The van der Waals surface area contributed by atoms with Crippen molar-refractivity contribution in [1.29, 1.82) is 0 Å². The molecule has 3 fully saturated rings. The summed E-state index contributed by atoms with van der Waals surface area (Å²) in [4.78, 5) is 0. The maximum atomic E-state index is 13.0. The van der Waals surface area contributed by atoms with Crippen LogP contribution in [0.3, 0.4) is 0 Å². The highest BCUT2D eigenvalue weighted by atomic mass is 19.4. The van der Waals surface area contributed by atoms with E-state index in [1.54, 1.807) is 0 Å². The van der Waals surface area contributed by atoms with Gasteiger partial charge in [-0.25, -0.2) is 0 Å². The molecule has 35 heavy (non-hydrogen) atoms. The van der Waals surface area contributed by atoms with Crippen LogP contribution in [-0.2, 0) is 0 Å². The third kappa shape index (κ3) is 5.68. The number of hydrogen-bond acceptors (Lipinski definition) is 2. The minimum Gasteiger partial charge on any atom is -0.393 e. The lowest BCUT2D eigenvalue weighted by atomic mass is 9.60. The lowest BCUT2D eigenvalue weighted by Gasteiger charge is -2.44. The van der Waals surface area contributed by atoms with Crippen LogP contribution in [0.1, 0.15) is 84.5 Å². The van der Waals surface area contributed by atoms with Gasteiger partial charge in [0.25, 0.3) is 5.60 Å². The predicted molar refractivity (Wildman–Crippen MR) is 123 cm³/mol. The summed E-state index contributed by atoms with van der Waals surface area (Å²) in [5.74, 6) is 0.506. The highest BCUT2D eigenvalue weighted by Gasteiger charge is 2.69. The van der Waals surface area contributed by atoms with Gasteiger partial charge in [-0.1, -0.05) is 50.1 Å². The van der Waals surface area contributed by atoms with E-state index in [0.717, 1.165) is 56.1 Å². The van der Waals surface area contributed by atoms with E-state index in [9.17, 15) is 36.6 Å². The average Bonchev–Trinajstić information content (AvgIpc) is 3.10. The smallest absolute Gasteiger partial charge is 0.393 e. The molecule has 0 bridgehead atoms. The second kappa shape index (κ2) is 10.2. The van der Waals surface area contributed by atoms with E-state index in [-0.39, 0.29) is 36.2 Å². The third-order valence-electron chi connectivity index (χ3n) is 9.05. The Balaban J connectivity index is 1.68. The maximum Gasteiger partial charge on any atom is 0.426 e. The van der Waals surface area contributed by atoms with Crippen molar-refractivity contribution in [2.75, 3.05) is 0 Å². The number of rotatable bonds is 6. The van der Waals surface area contributed by atoms with Crippen molar-refractivity contribution >= 4 is 0 Å². The summed E-state index contributed by atoms with van der Waals surface area (Å²) in [6.07, 6.45) is -2.17. The molecule has 8 heteroatoms. The standard InChI is InChI=1S/C27H38F6O2/c1-17-8-11-21(34)16-20(17)10-9-19-7-5-14-24(3)22(12-13-23(19)24)18(2)6-4-15-25(35,26(28,29)30)27(31,32)33/h9-10,18,21-23,34-35H,1,4-8,11-16H2,2-3H3/b19-9+,20-10-/t18-,21+,22?,23+,24-/m1/s1. The topological polar surface area (TPSA) is 40.5 Å². The second-order valence-electron chi connectivity index (χ2n) is 11.3. The zero-order valence-corrected chi connectivity index (χ0v) is 20.6. The van der Waals surface area contributed by atoms with Gasteiger partial charge in [-0.3, -0.25) is 0 Å². The van der Waals surface area contributed by atoms with Crippen LogP contribution in [0.5, 0.6) is 0 Å². The zero-order valence-electron chi connectivity index (χ0n) is 20.6. The number of alkyl halides is 6. The highest BCUT2D eigenvalue weighted by Crippen LogP contribution is 2.60. The molecule has 0 heterocycles. The normalized spacial score (nSPS) is 33.9. The highest BCUT2D eigenvalue weighted by molar-refractivity contribution is 5.36. The maximum absolute atomic E-state index is 13.0. The van der Waals surface area contributed by atoms with E-state index in [4.69, 9.17) is 0 Å². The molecule has 0 spiro atoms. The van der Waals surface area contributed by atoms with E-state index in [0.29, 0.717) is 12.3 Å². The van der Waals surface area contributed by atoms with Gasteiger partial charge >= 0.3 is 12.4 Å². The van der Waals surface area contributed by atoms with E-state index in [1.807, 2.05) is 6.92 Å². The molecule has 0 amide bonds. The minimum absolute atomic E-state index is 0.0401. The molecular formula is C27H38F6O2. The van der Waals surface area contributed by atoms with Crippen molar-refractivity contribution < 1.29 is 36.6 Å². The molecule has 3 aliphatic rings. The lowest BCUT2D eigenvalue weighted by molar-refractivity contribution is -0.370. The molecule has 0 aromatic carbocycles. The fraction of sp³-hybridized carbons (Fsp3) is 0.778. The molecule has 0 saturated heterocycles. The van der Waals surface area contributed by atoms with Gasteiger partial charge in [-0.2, -0.15) is 26.3 Å². The first-order valence-electron chi connectivity index (χ1n) is 12.7. The first-order valence-corrected chi connectivity index (χ1v) is 12.7. The van der Waals surface area contributed by atoms with Gasteiger partial charge in [0.05, 0.1) is 6.10 Å². The summed E-state index contributed by atoms with van der Waals surface area (Å²) < 4.78 is 78.0. The van der Waals surface area contributed by atoms with Crippen molar-refractivity contribution in [2.24, 2.45) is 23.2 Å². The van der Waals surface area contributed by atoms with E-state index in [1.165, 1.54) is 5.57 Å². The Hall–Kier alpha value is -1.28. The third-order valence-corrected chi connectivity index (χ3v) is 9.05. The van der Waals surface area contributed by atoms with Crippen LogP contribution in [-0.4, -0.2) is 34.3 Å². The first-order chi connectivity index (χ1) is 16.1. The summed E-state index contributed by atoms with van der Waals surface area (Å²) in [7, 11) is 0. The van der Waals surface area contributed by atoms with Crippen LogP contribution < -0.4 is 0 Å². The van der Waals surface area contributed by atoms with Crippen molar-refractivity contribution in [3.8, 4) is 0 Å². The van der Waals surface area contributed by atoms with Gasteiger partial charge in [0.1, 0.15) is 0 Å². The Morgan fingerprint density at radius 1 is 1.06 bits per heavy atom. The van der Waals surface area contributed by atoms with Crippen LogP contribution in [0, 0.1) is 23.2 Å². The van der Waals surface area contributed by atoms with E-state index in [2.05, 4.69) is 25.7 Å². The lowest BCUT2D eigenvalue weighted by Crippen LogP contribution is -2.56. The molecule has 0 aliphatic heterocycles. The molecule has 1 unspecified atom stereocenters. The van der Waals surface area contributed by atoms with Gasteiger partial charge < -0.3 is 10.2 Å². The molecule has 2 nitrogen and oxygen atoms in total. The molecule has 2 N–H and O–H groups in total. The van der Waals surface area contributed by atoms with Crippen LogP contribution >= 0.6 is 0 Å². The largest absolute Gasteiger partial charge is 0.426 e. The summed E-state index contributed by atoms with van der Waals surface area (Å²) in [6.45, 7) is 8.26. The van der Waals surface area contributed by atoms with Crippen molar-refractivity contribution in [3.63, 3.8) is 0 Å².